The first kappa shape index (κ1) is 24.5. The van der Waals surface area contributed by atoms with Crippen LogP contribution in [0.1, 0.15) is 29.7 Å². The van der Waals surface area contributed by atoms with E-state index in [0.717, 1.165) is 32.6 Å². The number of allylic oxidation sites excluding steroid dienone is 1. The molecule has 1 N–H and O–H groups in total. The Bertz CT molecular complexity index is 1220. The lowest BCUT2D eigenvalue weighted by Gasteiger charge is -2.38. The summed E-state index contributed by atoms with van der Waals surface area (Å²) in [5.74, 6) is 1.14. The number of carbonyl (C=O) groups excluding carboxylic acids is 1. The van der Waals surface area contributed by atoms with E-state index in [-0.39, 0.29) is 5.97 Å². The molecule has 0 saturated carbocycles. The predicted octanol–water partition coefficient (Wildman–Crippen LogP) is 5.61. The number of hydrogen-bond acceptors (Lipinski definition) is 4. The summed E-state index contributed by atoms with van der Waals surface area (Å²) in [5.41, 5.74) is 4.48. The number of guanidine groups is 1. The number of hydrogen-bond donors (Lipinski definition) is 1. The zero-order chi connectivity index (χ0) is 24.8. The summed E-state index contributed by atoms with van der Waals surface area (Å²) >= 11 is 3.49. The molecule has 35 heavy (non-hydrogen) atoms. The van der Waals surface area contributed by atoms with E-state index in [9.17, 15) is 4.79 Å². The van der Waals surface area contributed by atoms with Gasteiger partial charge in [0.1, 0.15) is 5.75 Å². The summed E-state index contributed by atoms with van der Waals surface area (Å²) in [6, 6.07) is 25.5. The second-order valence-corrected chi connectivity index (χ2v) is 9.09. The fraction of sp³-hybridized carbons (Fsp3) is 0.214. The van der Waals surface area contributed by atoms with Crippen molar-refractivity contribution in [3.63, 3.8) is 0 Å². The van der Waals surface area contributed by atoms with Crippen molar-refractivity contribution >= 4 is 27.9 Å². The standard InChI is InChI=1S/C28H28BrN3O3/c1-19-25(27(33)35-3)26(22-11-13-23(29)14-12-22)31-28(32(19)18-21-7-5-4-6-8-21)30-17-20-9-15-24(34-2)16-10-20/h4-16,26H,17-18H2,1-3H3,(H,30,31)/t26-/m0/s1. The monoisotopic (exact) mass is 533 g/mol. The van der Waals surface area contributed by atoms with Crippen molar-refractivity contribution in [3.8, 4) is 5.75 Å². The number of carbonyl (C=O) groups is 1. The van der Waals surface area contributed by atoms with Gasteiger partial charge >= 0.3 is 5.97 Å². The second kappa shape index (κ2) is 11.2. The zero-order valence-corrected chi connectivity index (χ0v) is 21.6. The molecule has 0 aromatic heterocycles. The molecule has 0 unspecified atom stereocenters. The van der Waals surface area contributed by atoms with Gasteiger partial charge < -0.3 is 19.7 Å². The molecule has 0 spiro atoms. The fourth-order valence-electron chi connectivity index (χ4n) is 4.06. The van der Waals surface area contributed by atoms with Crippen molar-refractivity contribution in [1.82, 2.24) is 10.2 Å². The van der Waals surface area contributed by atoms with E-state index in [1.54, 1.807) is 7.11 Å². The number of nitrogens with one attached hydrogen (secondary N) is 1. The Balaban J connectivity index is 1.76. The van der Waals surface area contributed by atoms with Crippen molar-refractivity contribution in [2.75, 3.05) is 14.2 Å². The Morgan fingerprint density at radius 2 is 1.66 bits per heavy atom. The molecule has 4 rings (SSSR count). The Labute approximate surface area is 214 Å². The summed E-state index contributed by atoms with van der Waals surface area (Å²) in [6.07, 6.45) is 0. The van der Waals surface area contributed by atoms with Crippen LogP contribution in [0.5, 0.6) is 5.75 Å². The lowest BCUT2D eigenvalue weighted by atomic mass is 9.94. The van der Waals surface area contributed by atoms with Crippen LogP contribution < -0.4 is 10.1 Å². The molecule has 1 heterocycles. The minimum atomic E-state index is -0.391. The number of benzene rings is 3. The molecule has 0 bridgehead atoms. The van der Waals surface area contributed by atoms with E-state index in [0.29, 0.717) is 24.6 Å². The summed E-state index contributed by atoms with van der Waals surface area (Å²) in [7, 11) is 3.06. The molecule has 0 saturated heterocycles. The van der Waals surface area contributed by atoms with Gasteiger partial charge in [-0.3, -0.25) is 0 Å². The van der Waals surface area contributed by atoms with Gasteiger partial charge in [-0.1, -0.05) is 70.5 Å². The predicted molar refractivity (Wildman–Crippen MR) is 141 cm³/mol. The molecule has 1 aliphatic rings. The molecule has 6 nitrogen and oxygen atoms in total. The van der Waals surface area contributed by atoms with Crippen LogP contribution in [0.4, 0.5) is 0 Å². The Hall–Kier alpha value is -3.58. The molecule has 0 fully saturated rings. The molecule has 3 aromatic carbocycles. The van der Waals surface area contributed by atoms with Crippen molar-refractivity contribution in [1.29, 1.82) is 0 Å². The number of halogens is 1. The fourth-order valence-corrected chi connectivity index (χ4v) is 4.32. The maximum Gasteiger partial charge on any atom is 0.337 e. The van der Waals surface area contributed by atoms with Crippen molar-refractivity contribution in [2.24, 2.45) is 4.99 Å². The largest absolute Gasteiger partial charge is 0.497 e. The van der Waals surface area contributed by atoms with Gasteiger partial charge in [0.25, 0.3) is 0 Å². The zero-order valence-electron chi connectivity index (χ0n) is 20.0. The highest BCUT2D eigenvalue weighted by atomic mass is 79.9. The average molecular weight is 534 g/mol. The van der Waals surface area contributed by atoms with Gasteiger partial charge in [0.2, 0.25) is 0 Å². The Kier molecular flexibility index (Phi) is 7.87. The molecular formula is C28H28BrN3O3. The number of methoxy groups -OCH3 is 2. The van der Waals surface area contributed by atoms with Crippen LogP contribution in [0.3, 0.4) is 0 Å². The van der Waals surface area contributed by atoms with E-state index in [2.05, 4.69) is 33.4 Å². The van der Waals surface area contributed by atoms with E-state index in [4.69, 9.17) is 14.5 Å². The summed E-state index contributed by atoms with van der Waals surface area (Å²) in [5, 5.41) is 3.53. The molecule has 0 aliphatic carbocycles. The van der Waals surface area contributed by atoms with Crippen molar-refractivity contribution < 1.29 is 14.3 Å². The quantitative estimate of drug-likeness (QED) is 0.400. The third kappa shape index (κ3) is 5.74. The molecule has 3 aromatic rings. The summed E-state index contributed by atoms with van der Waals surface area (Å²) in [6.45, 7) is 2.99. The molecular weight excluding hydrogens is 506 g/mol. The minimum absolute atomic E-state index is 0.366. The van der Waals surface area contributed by atoms with Crippen LogP contribution in [-0.2, 0) is 22.6 Å². The van der Waals surface area contributed by atoms with Crippen LogP contribution in [0, 0.1) is 0 Å². The van der Waals surface area contributed by atoms with E-state index in [1.165, 1.54) is 7.11 Å². The Morgan fingerprint density at radius 3 is 2.29 bits per heavy atom. The van der Waals surface area contributed by atoms with E-state index in [1.807, 2.05) is 78.6 Å². The first-order chi connectivity index (χ1) is 17.0. The van der Waals surface area contributed by atoms with Crippen LogP contribution >= 0.6 is 15.9 Å². The smallest absolute Gasteiger partial charge is 0.337 e. The molecule has 1 aliphatic heterocycles. The third-order valence-electron chi connectivity index (χ3n) is 5.98. The number of esters is 1. The maximum atomic E-state index is 13.0. The number of aliphatic imine (C=N–C) groups is 1. The minimum Gasteiger partial charge on any atom is -0.497 e. The number of rotatable bonds is 7. The van der Waals surface area contributed by atoms with E-state index >= 15 is 0 Å². The average Bonchev–Trinajstić information content (AvgIpc) is 2.89. The highest BCUT2D eigenvalue weighted by molar-refractivity contribution is 9.10. The molecule has 7 heteroatoms. The first-order valence-corrected chi connectivity index (χ1v) is 12.1. The lowest BCUT2D eigenvalue weighted by molar-refractivity contribution is -0.136. The van der Waals surface area contributed by atoms with Crippen molar-refractivity contribution in [3.05, 3.63) is 111 Å². The lowest BCUT2D eigenvalue weighted by Crippen LogP contribution is -2.48. The van der Waals surface area contributed by atoms with Crippen LogP contribution in [0.2, 0.25) is 0 Å². The van der Waals surface area contributed by atoms with Gasteiger partial charge in [-0.25, -0.2) is 9.79 Å². The van der Waals surface area contributed by atoms with Crippen LogP contribution in [0.25, 0.3) is 0 Å². The summed E-state index contributed by atoms with van der Waals surface area (Å²) in [4.78, 5) is 20.0. The molecule has 1 atom stereocenters. The highest BCUT2D eigenvalue weighted by Gasteiger charge is 2.35. The summed E-state index contributed by atoms with van der Waals surface area (Å²) < 4.78 is 11.4. The number of ether oxygens (including phenoxy) is 2. The first-order valence-electron chi connectivity index (χ1n) is 11.3. The van der Waals surface area contributed by atoms with Gasteiger partial charge in [-0.2, -0.15) is 0 Å². The van der Waals surface area contributed by atoms with Crippen LogP contribution in [-0.4, -0.2) is 31.0 Å². The second-order valence-electron chi connectivity index (χ2n) is 8.18. The van der Waals surface area contributed by atoms with Gasteiger partial charge in [-0.15, -0.1) is 0 Å². The van der Waals surface area contributed by atoms with Gasteiger partial charge in [0.05, 0.1) is 38.9 Å². The molecule has 0 amide bonds. The SMILES string of the molecule is COC(=O)C1=C(C)N(Cc2ccccc2)C(=NCc2ccc(OC)cc2)N[C@H]1c1ccc(Br)cc1. The number of nitrogens with zero attached hydrogens (tertiary/aromatic N) is 2. The van der Waals surface area contributed by atoms with Crippen LogP contribution in [0.15, 0.2) is 99.6 Å². The third-order valence-corrected chi connectivity index (χ3v) is 6.50. The Morgan fingerprint density at radius 1 is 0.971 bits per heavy atom. The normalized spacial score (nSPS) is 16.7. The topological polar surface area (TPSA) is 63.2 Å². The van der Waals surface area contributed by atoms with Gasteiger partial charge in [-0.05, 0) is 47.9 Å². The van der Waals surface area contributed by atoms with Gasteiger partial charge in [0, 0.05) is 10.2 Å². The molecule has 0 radical (unpaired) electrons. The highest BCUT2D eigenvalue weighted by Crippen LogP contribution is 2.33. The maximum absolute atomic E-state index is 13.0. The molecule has 180 valence electrons. The van der Waals surface area contributed by atoms with Gasteiger partial charge in [0.15, 0.2) is 5.96 Å². The van der Waals surface area contributed by atoms with E-state index < -0.39 is 6.04 Å². The van der Waals surface area contributed by atoms with Crippen molar-refractivity contribution in [2.45, 2.75) is 26.1 Å².